The van der Waals surface area contributed by atoms with Crippen LogP contribution in [0.3, 0.4) is 0 Å². The van der Waals surface area contributed by atoms with E-state index in [1.165, 1.54) is 0 Å². The van der Waals surface area contributed by atoms with E-state index in [9.17, 15) is 9.59 Å². The third-order valence-corrected chi connectivity index (χ3v) is 6.56. The average Bonchev–Trinajstić information content (AvgIpc) is 3.49. The number of carbonyl (C=O) groups excluding carboxylic acids is 2. The Kier molecular flexibility index (Phi) is 6.60. The minimum atomic E-state index is -0.450. The zero-order valence-corrected chi connectivity index (χ0v) is 19.2. The summed E-state index contributed by atoms with van der Waals surface area (Å²) in [5.74, 6) is 1.70. The molecule has 2 aromatic carbocycles. The van der Waals surface area contributed by atoms with Gasteiger partial charge in [0.1, 0.15) is 6.04 Å². The van der Waals surface area contributed by atoms with E-state index in [-0.39, 0.29) is 17.9 Å². The molecular formula is C24H26N4O3S. The maximum Gasteiger partial charge on any atom is 0.255 e. The SMILES string of the molecule is CCC(C)NC(=O)C1CSCN1C(=O)c1ccc(-c2nnc(-c3ccc(C)cc3)o2)cc1. The summed E-state index contributed by atoms with van der Waals surface area (Å²) in [5.41, 5.74) is 3.27. The maximum absolute atomic E-state index is 13.1. The van der Waals surface area contributed by atoms with Gasteiger partial charge in [0.15, 0.2) is 0 Å². The largest absolute Gasteiger partial charge is 0.416 e. The lowest BCUT2D eigenvalue weighted by Crippen LogP contribution is -2.49. The maximum atomic E-state index is 13.1. The zero-order valence-electron chi connectivity index (χ0n) is 18.4. The van der Waals surface area contributed by atoms with Crippen molar-refractivity contribution in [1.29, 1.82) is 0 Å². The van der Waals surface area contributed by atoms with Gasteiger partial charge < -0.3 is 14.6 Å². The van der Waals surface area contributed by atoms with E-state index in [4.69, 9.17) is 4.42 Å². The van der Waals surface area contributed by atoms with Crippen molar-refractivity contribution in [3.8, 4) is 22.9 Å². The van der Waals surface area contributed by atoms with Crippen molar-refractivity contribution in [3.05, 3.63) is 59.7 Å². The Balaban J connectivity index is 1.47. The molecule has 1 aliphatic rings. The molecule has 0 radical (unpaired) electrons. The lowest BCUT2D eigenvalue weighted by atomic mass is 10.1. The summed E-state index contributed by atoms with van der Waals surface area (Å²) < 4.78 is 5.82. The molecule has 2 atom stereocenters. The predicted octanol–water partition coefficient (Wildman–Crippen LogP) is 4.14. The highest BCUT2D eigenvalue weighted by Gasteiger charge is 2.35. The molecule has 0 saturated carbocycles. The summed E-state index contributed by atoms with van der Waals surface area (Å²) in [5, 5.41) is 11.3. The third kappa shape index (κ3) is 4.70. The fourth-order valence-corrected chi connectivity index (χ4v) is 4.53. The molecule has 8 heteroatoms. The van der Waals surface area contributed by atoms with Gasteiger partial charge in [0, 0.05) is 28.5 Å². The zero-order chi connectivity index (χ0) is 22.7. The Bertz CT molecular complexity index is 1100. The van der Waals surface area contributed by atoms with Crippen LogP contribution in [-0.2, 0) is 4.79 Å². The summed E-state index contributed by atoms with van der Waals surface area (Å²) in [7, 11) is 0. The molecule has 2 amide bonds. The number of benzene rings is 2. The van der Waals surface area contributed by atoms with Gasteiger partial charge in [-0.1, -0.05) is 24.6 Å². The molecule has 1 saturated heterocycles. The lowest BCUT2D eigenvalue weighted by molar-refractivity contribution is -0.125. The molecule has 2 heterocycles. The molecule has 7 nitrogen and oxygen atoms in total. The number of aromatic nitrogens is 2. The first-order valence-corrected chi connectivity index (χ1v) is 11.8. The van der Waals surface area contributed by atoms with Crippen molar-refractivity contribution in [1.82, 2.24) is 20.4 Å². The van der Waals surface area contributed by atoms with Crippen molar-refractivity contribution in [2.45, 2.75) is 39.3 Å². The second kappa shape index (κ2) is 9.56. The monoisotopic (exact) mass is 450 g/mol. The van der Waals surface area contributed by atoms with Crippen molar-refractivity contribution in [3.63, 3.8) is 0 Å². The summed E-state index contributed by atoms with van der Waals surface area (Å²) in [6, 6.07) is 14.6. The van der Waals surface area contributed by atoms with Crippen molar-refractivity contribution >= 4 is 23.6 Å². The van der Waals surface area contributed by atoms with Crippen LogP contribution >= 0.6 is 11.8 Å². The molecule has 0 bridgehead atoms. The number of nitrogens with one attached hydrogen (secondary N) is 1. The molecule has 0 spiro atoms. The van der Waals surface area contributed by atoms with E-state index in [0.29, 0.717) is 29.0 Å². The smallest absolute Gasteiger partial charge is 0.255 e. The summed E-state index contributed by atoms with van der Waals surface area (Å²) in [4.78, 5) is 27.3. The van der Waals surface area contributed by atoms with Crippen molar-refractivity contribution < 1.29 is 14.0 Å². The van der Waals surface area contributed by atoms with Crippen LogP contribution in [0.5, 0.6) is 0 Å². The van der Waals surface area contributed by atoms with Crippen molar-refractivity contribution in [2.24, 2.45) is 0 Å². The standard InChI is InChI=1S/C24H26N4O3S/c1-4-16(3)25-21(29)20-13-32-14-28(20)24(30)19-11-9-18(10-12-19)23-27-26-22(31-23)17-7-5-15(2)6-8-17/h5-12,16,20H,4,13-14H2,1-3H3,(H,25,29). The van der Waals surface area contributed by atoms with Gasteiger partial charge in [0.25, 0.3) is 5.91 Å². The van der Waals surface area contributed by atoms with E-state index < -0.39 is 6.04 Å². The molecule has 1 N–H and O–H groups in total. The number of hydrogen-bond donors (Lipinski definition) is 1. The number of aryl methyl sites for hydroxylation is 1. The second-order valence-electron chi connectivity index (χ2n) is 7.96. The first-order chi connectivity index (χ1) is 15.5. The predicted molar refractivity (Wildman–Crippen MR) is 125 cm³/mol. The van der Waals surface area contributed by atoms with E-state index in [2.05, 4.69) is 15.5 Å². The fourth-order valence-electron chi connectivity index (χ4n) is 3.38. The molecule has 1 aliphatic heterocycles. The summed E-state index contributed by atoms with van der Waals surface area (Å²) >= 11 is 1.59. The van der Waals surface area contributed by atoms with Gasteiger partial charge in [-0.2, -0.15) is 0 Å². The third-order valence-electron chi connectivity index (χ3n) is 5.55. The Morgan fingerprint density at radius 1 is 1.09 bits per heavy atom. The van der Waals surface area contributed by atoms with Gasteiger partial charge >= 0.3 is 0 Å². The molecule has 1 fully saturated rings. The Morgan fingerprint density at radius 3 is 2.28 bits per heavy atom. The van der Waals surface area contributed by atoms with Gasteiger partial charge in [-0.3, -0.25) is 9.59 Å². The first-order valence-electron chi connectivity index (χ1n) is 10.7. The number of carbonyl (C=O) groups is 2. The number of nitrogens with zero attached hydrogens (tertiary/aromatic N) is 3. The number of hydrogen-bond acceptors (Lipinski definition) is 6. The van der Waals surface area contributed by atoms with Crippen LogP contribution in [0.2, 0.25) is 0 Å². The van der Waals surface area contributed by atoms with E-state index in [1.54, 1.807) is 40.9 Å². The minimum Gasteiger partial charge on any atom is -0.416 e. The van der Waals surface area contributed by atoms with Gasteiger partial charge in [-0.05, 0) is 56.7 Å². The van der Waals surface area contributed by atoms with Crippen LogP contribution in [-0.4, -0.2) is 50.6 Å². The molecular weight excluding hydrogens is 424 g/mol. The van der Waals surface area contributed by atoms with Crippen LogP contribution in [0.1, 0.15) is 36.2 Å². The lowest BCUT2D eigenvalue weighted by Gasteiger charge is -2.24. The summed E-state index contributed by atoms with van der Waals surface area (Å²) in [6.45, 7) is 6.01. The fraction of sp³-hybridized carbons (Fsp3) is 0.333. The second-order valence-corrected chi connectivity index (χ2v) is 8.96. The Labute approximate surface area is 191 Å². The molecule has 166 valence electrons. The van der Waals surface area contributed by atoms with E-state index >= 15 is 0 Å². The van der Waals surface area contributed by atoms with E-state index in [0.717, 1.165) is 23.1 Å². The topological polar surface area (TPSA) is 88.3 Å². The van der Waals surface area contributed by atoms with Gasteiger partial charge in [-0.25, -0.2) is 0 Å². The van der Waals surface area contributed by atoms with Crippen LogP contribution < -0.4 is 5.32 Å². The molecule has 0 aliphatic carbocycles. The highest BCUT2D eigenvalue weighted by Crippen LogP contribution is 2.27. The number of thioether (sulfide) groups is 1. The molecule has 4 rings (SSSR count). The molecule has 1 aromatic heterocycles. The summed E-state index contributed by atoms with van der Waals surface area (Å²) in [6.07, 6.45) is 0.850. The number of amides is 2. The average molecular weight is 451 g/mol. The van der Waals surface area contributed by atoms with Gasteiger partial charge in [-0.15, -0.1) is 22.0 Å². The van der Waals surface area contributed by atoms with Crippen LogP contribution in [0.25, 0.3) is 22.9 Å². The highest BCUT2D eigenvalue weighted by atomic mass is 32.2. The minimum absolute atomic E-state index is 0.0866. The molecule has 2 unspecified atom stereocenters. The normalized spacial score (nSPS) is 16.7. The Hall–Kier alpha value is -3.13. The van der Waals surface area contributed by atoms with Gasteiger partial charge in [0.2, 0.25) is 17.7 Å². The van der Waals surface area contributed by atoms with Crippen LogP contribution in [0, 0.1) is 6.92 Å². The quantitative estimate of drug-likeness (QED) is 0.607. The molecule has 3 aromatic rings. The number of rotatable bonds is 6. The highest BCUT2D eigenvalue weighted by molar-refractivity contribution is 7.99. The first kappa shape index (κ1) is 22.1. The molecule has 32 heavy (non-hydrogen) atoms. The van der Waals surface area contributed by atoms with Gasteiger partial charge in [0.05, 0.1) is 5.88 Å². The van der Waals surface area contributed by atoms with Crippen LogP contribution in [0.4, 0.5) is 0 Å². The van der Waals surface area contributed by atoms with E-state index in [1.807, 2.05) is 45.0 Å². The van der Waals surface area contributed by atoms with Crippen LogP contribution in [0.15, 0.2) is 52.9 Å². The Morgan fingerprint density at radius 2 is 1.69 bits per heavy atom. The van der Waals surface area contributed by atoms with Crippen molar-refractivity contribution in [2.75, 3.05) is 11.6 Å².